The summed E-state index contributed by atoms with van der Waals surface area (Å²) in [6.07, 6.45) is 0. The third kappa shape index (κ3) is 5.93. The predicted molar refractivity (Wildman–Crippen MR) is 138 cm³/mol. The molecular weight excluding hydrogens is 522 g/mol. The number of halogens is 1. The Balaban J connectivity index is 1.93. The van der Waals surface area contributed by atoms with Gasteiger partial charge in [0.15, 0.2) is 0 Å². The minimum Gasteiger partial charge on any atom is -0.496 e. The van der Waals surface area contributed by atoms with Crippen molar-refractivity contribution in [3.05, 3.63) is 57.6 Å². The van der Waals surface area contributed by atoms with E-state index in [1.54, 1.807) is 24.3 Å². The van der Waals surface area contributed by atoms with Crippen molar-refractivity contribution in [3.8, 4) is 23.3 Å². The van der Waals surface area contributed by atoms with Gasteiger partial charge in [-0.25, -0.2) is 0 Å². The van der Waals surface area contributed by atoms with Crippen LogP contribution in [0.2, 0.25) is 5.02 Å². The first kappa shape index (κ1) is 27.7. The Labute approximate surface area is 222 Å². The molecule has 0 unspecified atom stereocenters. The van der Waals surface area contributed by atoms with E-state index in [1.807, 2.05) is 0 Å². The summed E-state index contributed by atoms with van der Waals surface area (Å²) in [5, 5.41) is 15.8. The van der Waals surface area contributed by atoms with Crippen molar-refractivity contribution < 1.29 is 33.3 Å². The molecule has 1 aliphatic rings. The van der Waals surface area contributed by atoms with Gasteiger partial charge in [0.2, 0.25) is 11.8 Å². The van der Waals surface area contributed by atoms with Crippen LogP contribution in [0.3, 0.4) is 0 Å². The Morgan fingerprint density at radius 1 is 1.08 bits per heavy atom. The Hall–Kier alpha value is -3.88. The van der Waals surface area contributed by atoms with Gasteiger partial charge < -0.3 is 29.6 Å². The topological polar surface area (TPSA) is 136 Å². The van der Waals surface area contributed by atoms with Crippen LogP contribution in [-0.4, -0.2) is 52.0 Å². The Morgan fingerprint density at radius 2 is 1.76 bits per heavy atom. The highest BCUT2D eigenvalue weighted by atomic mass is 35.5. The molecule has 1 heterocycles. The first-order valence-electron chi connectivity index (χ1n) is 10.8. The van der Waals surface area contributed by atoms with Gasteiger partial charge in [0.05, 0.1) is 61.6 Å². The molecule has 12 heteroatoms. The van der Waals surface area contributed by atoms with Crippen LogP contribution in [0.1, 0.15) is 11.5 Å². The highest BCUT2D eigenvalue weighted by molar-refractivity contribution is 8.03. The second kappa shape index (κ2) is 12.4. The number of hydrogen-bond acceptors (Lipinski definition) is 9. The van der Waals surface area contributed by atoms with Gasteiger partial charge >= 0.3 is 5.97 Å². The van der Waals surface area contributed by atoms with Gasteiger partial charge in [0.25, 0.3) is 0 Å². The van der Waals surface area contributed by atoms with E-state index in [9.17, 15) is 19.6 Å². The van der Waals surface area contributed by atoms with Crippen molar-refractivity contribution >= 4 is 46.8 Å². The lowest BCUT2D eigenvalue weighted by atomic mass is 9.78. The highest BCUT2D eigenvalue weighted by Gasteiger charge is 2.45. The van der Waals surface area contributed by atoms with Crippen LogP contribution in [0.15, 0.2) is 47.0 Å². The number of anilines is 1. The zero-order valence-electron chi connectivity index (χ0n) is 20.4. The van der Waals surface area contributed by atoms with Crippen molar-refractivity contribution in [2.75, 3.05) is 39.5 Å². The molecule has 10 nitrogen and oxygen atoms in total. The third-order valence-electron chi connectivity index (χ3n) is 5.55. The van der Waals surface area contributed by atoms with Crippen LogP contribution in [0.5, 0.6) is 17.2 Å². The summed E-state index contributed by atoms with van der Waals surface area (Å²) >= 11 is 7.06. The average molecular weight is 546 g/mol. The summed E-state index contributed by atoms with van der Waals surface area (Å²) < 4.78 is 20.7. The van der Waals surface area contributed by atoms with E-state index in [1.165, 1.54) is 40.6 Å². The Kier molecular flexibility index (Phi) is 9.27. The van der Waals surface area contributed by atoms with E-state index < -0.39 is 29.6 Å². The molecule has 0 aliphatic carbocycles. The van der Waals surface area contributed by atoms with Gasteiger partial charge in [-0.2, -0.15) is 5.26 Å². The van der Waals surface area contributed by atoms with Gasteiger partial charge in [-0.15, -0.1) is 0 Å². The molecule has 0 saturated carbocycles. The lowest BCUT2D eigenvalue weighted by Crippen LogP contribution is -2.44. The number of nitrogens with zero attached hydrogens (tertiary/aromatic N) is 1. The average Bonchev–Trinajstić information content (AvgIpc) is 2.91. The molecule has 2 atom stereocenters. The normalized spacial score (nSPS) is 16.8. The lowest BCUT2D eigenvalue weighted by Gasteiger charge is -2.31. The molecule has 0 spiro atoms. The maximum absolute atomic E-state index is 13.0. The van der Waals surface area contributed by atoms with E-state index >= 15 is 0 Å². The van der Waals surface area contributed by atoms with E-state index in [2.05, 4.69) is 16.7 Å². The van der Waals surface area contributed by atoms with Crippen molar-refractivity contribution in [1.29, 1.82) is 5.26 Å². The van der Waals surface area contributed by atoms with Crippen LogP contribution in [0.4, 0.5) is 5.69 Å². The Bertz CT molecular complexity index is 1290. The van der Waals surface area contributed by atoms with Crippen LogP contribution < -0.4 is 24.8 Å². The quantitative estimate of drug-likeness (QED) is 0.358. The number of nitriles is 1. The van der Waals surface area contributed by atoms with Crippen LogP contribution >= 0.6 is 23.4 Å². The largest absolute Gasteiger partial charge is 0.496 e. The number of para-hydroxylation sites is 1. The van der Waals surface area contributed by atoms with Gasteiger partial charge in [-0.05, 0) is 6.07 Å². The number of esters is 1. The van der Waals surface area contributed by atoms with Gasteiger partial charge in [0, 0.05) is 23.6 Å². The summed E-state index contributed by atoms with van der Waals surface area (Å²) in [7, 11) is 5.49. The number of ether oxygens (including phenoxy) is 4. The molecule has 0 fully saturated rings. The number of benzene rings is 2. The zero-order valence-corrected chi connectivity index (χ0v) is 22.0. The second-order valence-electron chi connectivity index (χ2n) is 7.59. The molecule has 1 aliphatic heterocycles. The molecule has 0 radical (unpaired) electrons. The SMILES string of the molecule is COC(=O)[C@H]1C(=O)NC(SCC(=O)Nc2cc(OC)c(Cl)cc2OC)=C(C#N)[C@@H]1c1ccccc1OC. The molecule has 2 aromatic carbocycles. The minimum absolute atomic E-state index is 0.100. The zero-order chi connectivity index (χ0) is 27.1. The standard InChI is InChI=1S/C25H24ClN3O7S/c1-33-17-8-6-5-7-13(17)21-14(11-27)24(29-23(31)22(21)25(32)36-4)37-12-20(30)28-16-10-18(34-2)15(26)9-19(16)35-3/h5-10,21-22H,12H2,1-4H3,(H,28,30)(H,29,31)/t21-,22+/m0/s1. The fourth-order valence-corrected chi connectivity index (χ4v) is 4.94. The van der Waals surface area contributed by atoms with Gasteiger partial charge in [-0.1, -0.05) is 41.6 Å². The molecule has 3 rings (SSSR count). The molecule has 0 bridgehead atoms. The number of amides is 2. The molecule has 194 valence electrons. The van der Waals surface area contributed by atoms with E-state index in [0.717, 1.165) is 11.8 Å². The molecule has 0 aromatic heterocycles. The Morgan fingerprint density at radius 3 is 2.38 bits per heavy atom. The highest BCUT2D eigenvalue weighted by Crippen LogP contribution is 2.43. The van der Waals surface area contributed by atoms with Crippen molar-refractivity contribution in [1.82, 2.24) is 5.32 Å². The van der Waals surface area contributed by atoms with E-state index in [0.29, 0.717) is 33.5 Å². The van der Waals surface area contributed by atoms with Gasteiger partial charge in [-0.3, -0.25) is 14.4 Å². The number of rotatable bonds is 9. The number of carbonyl (C=O) groups excluding carboxylic acids is 3. The fraction of sp³-hybridized carbons (Fsp3) is 0.280. The molecule has 37 heavy (non-hydrogen) atoms. The summed E-state index contributed by atoms with van der Waals surface area (Å²) in [5.41, 5.74) is 0.893. The van der Waals surface area contributed by atoms with Crippen LogP contribution in [-0.2, 0) is 19.1 Å². The molecule has 2 aromatic rings. The number of nitrogens with one attached hydrogen (secondary N) is 2. The number of thioether (sulfide) groups is 1. The molecule has 2 amide bonds. The maximum Gasteiger partial charge on any atom is 0.319 e. The smallest absolute Gasteiger partial charge is 0.319 e. The van der Waals surface area contributed by atoms with E-state index in [4.69, 9.17) is 30.5 Å². The molecular formula is C25H24ClN3O7S. The molecule has 0 saturated heterocycles. The summed E-state index contributed by atoms with van der Waals surface area (Å²) in [6, 6.07) is 11.9. The minimum atomic E-state index is -1.32. The second-order valence-corrected chi connectivity index (χ2v) is 8.98. The maximum atomic E-state index is 13.0. The number of hydrogen-bond donors (Lipinski definition) is 2. The summed E-state index contributed by atoms with van der Waals surface area (Å²) in [6.45, 7) is 0. The van der Waals surface area contributed by atoms with Gasteiger partial charge in [0.1, 0.15) is 23.2 Å². The van der Waals surface area contributed by atoms with Crippen LogP contribution in [0, 0.1) is 17.2 Å². The number of allylic oxidation sites excluding steroid dienone is 1. The fourth-order valence-electron chi connectivity index (χ4n) is 3.86. The third-order valence-corrected chi connectivity index (χ3v) is 6.87. The monoisotopic (exact) mass is 545 g/mol. The first-order valence-corrected chi connectivity index (χ1v) is 12.2. The van der Waals surface area contributed by atoms with Crippen molar-refractivity contribution in [3.63, 3.8) is 0 Å². The van der Waals surface area contributed by atoms with Crippen molar-refractivity contribution in [2.24, 2.45) is 5.92 Å². The lowest BCUT2D eigenvalue weighted by molar-refractivity contribution is -0.150. The molecule has 2 N–H and O–H groups in total. The first-order chi connectivity index (χ1) is 17.8. The summed E-state index contributed by atoms with van der Waals surface area (Å²) in [4.78, 5) is 38.4. The number of carbonyl (C=O) groups is 3. The van der Waals surface area contributed by atoms with Crippen molar-refractivity contribution in [2.45, 2.75) is 5.92 Å². The summed E-state index contributed by atoms with van der Waals surface area (Å²) in [5.74, 6) is -3.31. The predicted octanol–water partition coefficient (Wildman–Crippen LogP) is 3.48. The van der Waals surface area contributed by atoms with Crippen LogP contribution in [0.25, 0.3) is 0 Å². The number of methoxy groups -OCH3 is 4. The van der Waals surface area contributed by atoms with E-state index in [-0.39, 0.29) is 16.4 Å².